The van der Waals surface area contributed by atoms with Gasteiger partial charge in [-0.3, -0.25) is 4.79 Å². The summed E-state index contributed by atoms with van der Waals surface area (Å²) in [5, 5.41) is 1.19. The van der Waals surface area contributed by atoms with E-state index in [1.165, 1.54) is 43.1 Å². The van der Waals surface area contributed by atoms with Crippen LogP contribution in [0.15, 0.2) is 29.1 Å². The number of aryl methyl sites for hydroxylation is 1. The minimum absolute atomic E-state index is 0.00887. The third-order valence-electron chi connectivity index (χ3n) is 4.15. The molecule has 1 aliphatic carbocycles. The molecule has 1 saturated carbocycles. The van der Waals surface area contributed by atoms with E-state index in [0.29, 0.717) is 0 Å². The van der Waals surface area contributed by atoms with Crippen LogP contribution in [-0.2, 0) is 0 Å². The van der Waals surface area contributed by atoms with Crippen LogP contribution in [0.1, 0.15) is 49.1 Å². The van der Waals surface area contributed by atoms with E-state index < -0.39 is 0 Å². The van der Waals surface area contributed by atoms with E-state index in [2.05, 4.69) is 23.2 Å². The molecule has 0 radical (unpaired) electrons. The molecule has 1 fully saturated rings. The highest BCUT2D eigenvalue weighted by Crippen LogP contribution is 2.33. The van der Waals surface area contributed by atoms with Crippen LogP contribution in [0.25, 0.3) is 10.9 Å². The van der Waals surface area contributed by atoms with Crippen molar-refractivity contribution < 1.29 is 0 Å². The van der Waals surface area contributed by atoms with Crippen molar-refractivity contribution in [3.05, 3.63) is 45.7 Å². The molecule has 1 aromatic heterocycles. The number of fused-ring (bicyclic) bond motifs is 1. The quantitative estimate of drug-likeness (QED) is 0.807. The Morgan fingerprint density at radius 1 is 1.11 bits per heavy atom. The molecular formula is C16H19NO. The molecule has 0 unspecified atom stereocenters. The van der Waals surface area contributed by atoms with Crippen molar-refractivity contribution in [3.8, 4) is 0 Å². The standard InChI is InChI=1S/C16H19NO/c1-11-9-16(18)17-15-8-7-13(10-14(11)15)12-5-3-2-4-6-12/h7-10,12H,2-6H2,1H3,(H,17,18). The van der Waals surface area contributed by atoms with E-state index in [-0.39, 0.29) is 5.56 Å². The molecule has 0 amide bonds. The minimum atomic E-state index is -0.00887. The van der Waals surface area contributed by atoms with Gasteiger partial charge in [0.2, 0.25) is 5.56 Å². The molecule has 2 aromatic rings. The van der Waals surface area contributed by atoms with E-state index in [1.807, 2.05) is 6.92 Å². The summed E-state index contributed by atoms with van der Waals surface area (Å²) < 4.78 is 0. The zero-order valence-electron chi connectivity index (χ0n) is 10.8. The number of aromatic amines is 1. The van der Waals surface area contributed by atoms with E-state index in [0.717, 1.165) is 17.0 Å². The van der Waals surface area contributed by atoms with Crippen LogP contribution in [0.3, 0.4) is 0 Å². The number of rotatable bonds is 1. The maximum Gasteiger partial charge on any atom is 0.248 e. The van der Waals surface area contributed by atoms with Gasteiger partial charge in [0.1, 0.15) is 0 Å². The first-order valence-electron chi connectivity index (χ1n) is 6.87. The van der Waals surface area contributed by atoms with Gasteiger partial charge in [0.05, 0.1) is 0 Å². The SMILES string of the molecule is Cc1cc(=O)[nH]c2ccc(C3CCCCC3)cc12. The number of H-pyrrole nitrogens is 1. The first-order chi connectivity index (χ1) is 8.74. The Kier molecular flexibility index (Phi) is 2.94. The molecule has 2 nitrogen and oxygen atoms in total. The second kappa shape index (κ2) is 4.60. The lowest BCUT2D eigenvalue weighted by atomic mass is 9.83. The first-order valence-corrected chi connectivity index (χ1v) is 6.87. The summed E-state index contributed by atoms with van der Waals surface area (Å²) in [4.78, 5) is 14.3. The summed E-state index contributed by atoms with van der Waals surface area (Å²) in [7, 11) is 0. The van der Waals surface area contributed by atoms with Gasteiger partial charge >= 0.3 is 0 Å². The zero-order valence-corrected chi connectivity index (χ0v) is 10.8. The normalized spacial score (nSPS) is 17.2. The second-order valence-electron chi connectivity index (χ2n) is 5.46. The highest BCUT2D eigenvalue weighted by Gasteiger charge is 2.15. The number of benzene rings is 1. The molecule has 1 aliphatic rings. The second-order valence-corrected chi connectivity index (χ2v) is 5.46. The molecule has 0 spiro atoms. The van der Waals surface area contributed by atoms with Crippen molar-refractivity contribution in [1.82, 2.24) is 4.98 Å². The minimum Gasteiger partial charge on any atom is -0.322 e. The van der Waals surface area contributed by atoms with Crippen molar-refractivity contribution >= 4 is 10.9 Å². The lowest BCUT2D eigenvalue weighted by molar-refractivity contribution is 0.444. The van der Waals surface area contributed by atoms with Gasteiger partial charge in [-0.25, -0.2) is 0 Å². The average Bonchev–Trinajstić information content (AvgIpc) is 2.39. The van der Waals surface area contributed by atoms with Crippen LogP contribution in [0, 0.1) is 6.92 Å². The van der Waals surface area contributed by atoms with Gasteiger partial charge in [0.25, 0.3) is 0 Å². The highest BCUT2D eigenvalue weighted by molar-refractivity contribution is 5.82. The zero-order chi connectivity index (χ0) is 12.5. The van der Waals surface area contributed by atoms with E-state index in [1.54, 1.807) is 6.07 Å². The molecule has 18 heavy (non-hydrogen) atoms. The average molecular weight is 241 g/mol. The van der Waals surface area contributed by atoms with Gasteiger partial charge in [0.15, 0.2) is 0 Å². The van der Waals surface area contributed by atoms with Crippen molar-refractivity contribution in [3.63, 3.8) is 0 Å². The van der Waals surface area contributed by atoms with Gasteiger partial charge in [0, 0.05) is 17.0 Å². The third-order valence-corrected chi connectivity index (χ3v) is 4.15. The molecule has 94 valence electrons. The lowest BCUT2D eigenvalue weighted by Crippen LogP contribution is -2.07. The van der Waals surface area contributed by atoms with Crippen LogP contribution < -0.4 is 5.56 Å². The fourth-order valence-electron chi connectivity index (χ4n) is 3.13. The fraction of sp³-hybridized carbons (Fsp3) is 0.438. The van der Waals surface area contributed by atoms with Gasteiger partial charge in [-0.2, -0.15) is 0 Å². The number of aromatic nitrogens is 1. The van der Waals surface area contributed by atoms with Crippen LogP contribution in [0.2, 0.25) is 0 Å². The van der Waals surface area contributed by atoms with Gasteiger partial charge in [-0.15, -0.1) is 0 Å². The number of hydrogen-bond acceptors (Lipinski definition) is 1. The Hall–Kier alpha value is -1.57. The maximum absolute atomic E-state index is 11.4. The highest BCUT2D eigenvalue weighted by atomic mass is 16.1. The van der Waals surface area contributed by atoms with Crippen LogP contribution >= 0.6 is 0 Å². The molecule has 2 heteroatoms. The molecule has 0 aliphatic heterocycles. The summed E-state index contributed by atoms with van der Waals surface area (Å²) in [5.74, 6) is 0.717. The number of pyridine rings is 1. The van der Waals surface area contributed by atoms with E-state index >= 15 is 0 Å². The fourth-order valence-corrected chi connectivity index (χ4v) is 3.13. The molecule has 0 saturated heterocycles. The van der Waals surface area contributed by atoms with E-state index in [9.17, 15) is 4.79 Å². The predicted octanol–water partition coefficient (Wildman–Crippen LogP) is 3.88. The van der Waals surface area contributed by atoms with Crippen LogP contribution in [0.5, 0.6) is 0 Å². The predicted molar refractivity (Wildman–Crippen MR) is 75.1 cm³/mol. The molecule has 1 N–H and O–H groups in total. The van der Waals surface area contributed by atoms with Crippen molar-refractivity contribution in [1.29, 1.82) is 0 Å². The van der Waals surface area contributed by atoms with Crippen molar-refractivity contribution in [2.24, 2.45) is 0 Å². The Balaban J connectivity index is 2.07. The molecule has 0 bridgehead atoms. The van der Waals surface area contributed by atoms with Crippen molar-refractivity contribution in [2.75, 3.05) is 0 Å². The van der Waals surface area contributed by atoms with Crippen LogP contribution in [0.4, 0.5) is 0 Å². The van der Waals surface area contributed by atoms with Crippen LogP contribution in [-0.4, -0.2) is 4.98 Å². The molecule has 1 heterocycles. The Bertz CT molecular complexity index is 621. The monoisotopic (exact) mass is 241 g/mol. The molecule has 3 rings (SSSR count). The summed E-state index contributed by atoms with van der Waals surface area (Å²) in [6, 6.07) is 8.21. The first kappa shape index (κ1) is 11.5. The van der Waals surface area contributed by atoms with Gasteiger partial charge in [-0.05, 0) is 48.9 Å². The molecule has 0 atom stereocenters. The van der Waals surface area contributed by atoms with Gasteiger partial charge in [-0.1, -0.05) is 25.3 Å². The Morgan fingerprint density at radius 2 is 1.89 bits per heavy atom. The number of hydrogen-bond donors (Lipinski definition) is 1. The summed E-state index contributed by atoms with van der Waals surface area (Å²) in [6.07, 6.45) is 6.72. The Labute approximate surface area is 107 Å². The maximum atomic E-state index is 11.4. The smallest absolute Gasteiger partial charge is 0.248 e. The summed E-state index contributed by atoms with van der Waals surface area (Å²) in [6.45, 7) is 2.02. The molecular weight excluding hydrogens is 222 g/mol. The van der Waals surface area contributed by atoms with Crippen molar-refractivity contribution in [2.45, 2.75) is 44.9 Å². The molecule has 1 aromatic carbocycles. The summed E-state index contributed by atoms with van der Waals surface area (Å²) >= 11 is 0. The summed E-state index contributed by atoms with van der Waals surface area (Å²) in [5.41, 5.74) is 3.47. The topological polar surface area (TPSA) is 32.9 Å². The van der Waals surface area contributed by atoms with Gasteiger partial charge < -0.3 is 4.98 Å². The van der Waals surface area contributed by atoms with E-state index in [4.69, 9.17) is 0 Å². The number of nitrogens with one attached hydrogen (secondary N) is 1. The largest absolute Gasteiger partial charge is 0.322 e. The third kappa shape index (κ3) is 2.07. The Morgan fingerprint density at radius 3 is 2.67 bits per heavy atom. The lowest BCUT2D eigenvalue weighted by Gasteiger charge is -2.22.